The van der Waals surface area contributed by atoms with Crippen LogP contribution in [0.15, 0.2) is 17.8 Å². The number of hydrogen-bond donors (Lipinski definition) is 0. The Balaban J connectivity index is 1.97. The molecule has 0 bridgehead atoms. The van der Waals surface area contributed by atoms with Crippen LogP contribution in [-0.4, -0.2) is 22.6 Å². The van der Waals surface area contributed by atoms with Gasteiger partial charge in [-0.25, -0.2) is 9.97 Å². The summed E-state index contributed by atoms with van der Waals surface area (Å²) in [7, 11) is 0. The van der Waals surface area contributed by atoms with Crippen molar-refractivity contribution in [2.75, 3.05) is 11.4 Å². The van der Waals surface area contributed by atoms with E-state index in [-0.39, 0.29) is 0 Å². The van der Waals surface area contributed by atoms with Crippen molar-refractivity contribution in [3.63, 3.8) is 0 Å². The van der Waals surface area contributed by atoms with Gasteiger partial charge in [0.05, 0.1) is 10.2 Å². The lowest BCUT2D eigenvalue weighted by molar-refractivity contribution is 0.417. The average molecular weight is 261 g/mol. The minimum Gasteiger partial charge on any atom is -0.353 e. The fraction of sp³-hybridized carbons (Fsp3) is 0.571. The molecular formula is C14H19N3S. The van der Waals surface area contributed by atoms with E-state index in [2.05, 4.69) is 33.2 Å². The summed E-state index contributed by atoms with van der Waals surface area (Å²) >= 11 is 1.75. The van der Waals surface area contributed by atoms with Crippen molar-refractivity contribution < 1.29 is 0 Å². The van der Waals surface area contributed by atoms with Crippen LogP contribution in [0.1, 0.15) is 39.0 Å². The van der Waals surface area contributed by atoms with Gasteiger partial charge in [-0.2, -0.15) is 0 Å². The molecule has 0 aromatic carbocycles. The third kappa shape index (κ3) is 2.09. The van der Waals surface area contributed by atoms with Crippen molar-refractivity contribution in [1.82, 2.24) is 9.97 Å². The molecule has 0 saturated heterocycles. The number of fused-ring (bicyclic) bond motifs is 1. The molecule has 1 aliphatic rings. The zero-order valence-corrected chi connectivity index (χ0v) is 11.6. The topological polar surface area (TPSA) is 29.0 Å². The standard InChI is InChI=1S/C14H19N3S/c1-2-17(11-6-4-3-5-7-11)14-13-12(8-9-18-13)15-10-16-14/h8-11H,2-7H2,1H3. The van der Waals surface area contributed by atoms with E-state index < -0.39 is 0 Å². The van der Waals surface area contributed by atoms with Gasteiger partial charge >= 0.3 is 0 Å². The van der Waals surface area contributed by atoms with Crippen LogP contribution in [0.25, 0.3) is 10.2 Å². The summed E-state index contributed by atoms with van der Waals surface area (Å²) < 4.78 is 1.24. The lowest BCUT2D eigenvalue weighted by Gasteiger charge is -2.34. The second kappa shape index (κ2) is 5.22. The molecule has 1 fully saturated rings. The molecule has 18 heavy (non-hydrogen) atoms. The summed E-state index contributed by atoms with van der Waals surface area (Å²) in [5, 5.41) is 2.11. The number of nitrogens with zero attached hydrogens (tertiary/aromatic N) is 3. The fourth-order valence-corrected chi connectivity index (χ4v) is 3.80. The molecule has 2 aromatic heterocycles. The molecule has 0 aliphatic heterocycles. The molecule has 1 saturated carbocycles. The van der Waals surface area contributed by atoms with Crippen LogP contribution in [0.2, 0.25) is 0 Å². The Hall–Kier alpha value is -1.16. The van der Waals surface area contributed by atoms with Gasteiger partial charge in [-0.05, 0) is 31.2 Å². The van der Waals surface area contributed by atoms with E-state index in [1.54, 1.807) is 17.7 Å². The predicted octanol–water partition coefficient (Wildman–Crippen LogP) is 3.85. The largest absolute Gasteiger partial charge is 0.353 e. The first kappa shape index (κ1) is 11.9. The Bertz CT molecular complexity index is 516. The van der Waals surface area contributed by atoms with Crippen molar-refractivity contribution in [2.24, 2.45) is 0 Å². The summed E-state index contributed by atoms with van der Waals surface area (Å²) in [5.41, 5.74) is 1.08. The van der Waals surface area contributed by atoms with E-state index in [4.69, 9.17) is 0 Å². The van der Waals surface area contributed by atoms with Gasteiger partial charge in [-0.3, -0.25) is 0 Å². The predicted molar refractivity (Wildman–Crippen MR) is 77.3 cm³/mol. The molecule has 96 valence electrons. The van der Waals surface area contributed by atoms with Crippen LogP contribution in [0.4, 0.5) is 5.82 Å². The molecule has 2 heterocycles. The highest BCUT2D eigenvalue weighted by atomic mass is 32.1. The first-order valence-electron chi connectivity index (χ1n) is 6.85. The van der Waals surface area contributed by atoms with Crippen molar-refractivity contribution >= 4 is 27.4 Å². The van der Waals surface area contributed by atoms with Crippen molar-refractivity contribution in [1.29, 1.82) is 0 Å². The maximum Gasteiger partial charge on any atom is 0.150 e. The lowest BCUT2D eigenvalue weighted by atomic mass is 9.94. The Morgan fingerprint density at radius 3 is 2.89 bits per heavy atom. The molecule has 0 N–H and O–H groups in total. The van der Waals surface area contributed by atoms with Gasteiger partial charge in [0.1, 0.15) is 12.1 Å². The molecule has 0 spiro atoms. The molecule has 0 amide bonds. The van der Waals surface area contributed by atoms with E-state index in [9.17, 15) is 0 Å². The van der Waals surface area contributed by atoms with Crippen LogP contribution >= 0.6 is 11.3 Å². The second-order valence-electron chi connectivity index (χ2n) is 4.91. The summed E-state index contributed by atoms with van der Waals surface area (Å²) in [6.07, 6.45) is 8.44. The van der Waals surface area contributed by atoms with Crippen molar-refractivity contribution in [3.05, 3.63) is 17.8 Å². The van der Waals surface area contributed by atoms with E-state index in [0.717, 1.165) is 17.9 Å². The minimum atomic E-state index is 0.670. The first-order valence-corrected chi connectivity index (χ1v) is 7.73. The number of aromatic nitrogens is 2. The Labute approximate surface area is 112 Å². The van der Waals surface area contributed by atoms with Crippen LogP contribution in [0.3, 0.4) is 0 Å². The van der Waals surface area contributed by atoms with Gasteiger partial charge in [-0.15, -0.1) is 11.3 Å². The molecule has 3 nitrogen and oxygen atoms in total. The molecular weight excluding hydrogens is 242 g/mol. The molecule has 0 unspecified atom stereocenters. The summed E-state index contributed by atoms with van der Waals surface area (Å²) in [5.74, 6) is 1.14. The number of hydrogen-bond acceptors (Lipinski definition) is 4. The zero-order chi connectivity index (χ0) is 12.4. The van der Waals surface area contributed by atoms with Crippen LogP contribution in [-0.2, 0) is 0 Å². The average Bonchev–Trinajstić information content (AvgIpc) is 2.90. The Kier molecular flexibility index (Phi) is 3.46. The normalized spacial score (nSPS) is 17.2. The maximum absolute atomic E-state index is 4.55. The zero-order valence-electron chi connectivity index (χ0n) is 10.8. The number of thiophene rings is 1. The van der Waals surface area contributed by atoms with Gasteiger partial charge in [-0.1, -0.05) is 19.3 Å². The molecule has 3 rings (SSSR count). The van der Waals surface area contributed by atoms with E-state index in [1.165, 1.54) is 36.8 Å². The number of rotatable bonds is 3. The van der Waals surface area contributed by atoms with Crippen LogP contribution in [0.5, 0.6) is 0 Å². The summed E-state index contributed by atoms with van der Waals surface area (Å²) in [6, 6.07) is 2.75. The third-order valence-corrected chi connectivity index (χ3v) is 4.75. The smallest absolute Gasteiger partial charge is 0.150 e. The molecule has 0 radical (unpaired) electrons. The van der Waals surface area contributed by atoms with Gasteiger partial charge < -0.3 is 4.90 Å². The summed E-state index contributed by atoms with van der Waals surface area (Å²) in [4.78, 5) is 11.4. The fourth-order valence-electron chi connectivity index (χ4n) is 2.95. The highest BCUT2D eigenvalue weighted by Crippen LogP contribution is 2.32. The van der Waals surface area contributed by atoms with Gasteiger partial charge in [0.25, 0.3) is 0 Å². The van der Waals surface area contributed by atoms with E-state index in [0.29, 0.717) is 6.04 Å². The van der Waals surface area contributed by atoms with Crippen molar-refractivity contribution in [2.45, 2.75) is 45.1 Å². The van der Waals surface area contributed by atoms with Crippen LogP contribution in [0, 0.1) is 0 Å². The highest BCUT2D eigenvalue weighted by molar-refractivity contribution is 7.17. The minimum absolute atomic E-state index is 0.670. The molecule has 1 aliphatic carbocycles. The van der Waals surface area contributed by atoms with E-state index >= 15 is 0 Å². The summed E-state index contributed by atoms with van der Waals surface area (Å²) in [6.45, 7) is 3.27. The quantitative estimate of drug-likeness (QED) is 0.840. The van der Waals surface area contributed by atoms with Gasteiger partial charge in [0, 0.05) is 12.6 Å². The SMILES string of the molecule is CCN(c1ncnc2ccsc12)C1CCCCC1. The van der Waals surface area contributed by atoms with Crippen molar-refractivity contribution in [3.8, 4) is 0 Å². The Morgan fingerprint density at radius 1 is 1.28 bits per heavy atom. The molecule has 0 atom stereocenters. The lowest BCUT2D eigenvalue weighted by Crippen LogP contribution is -2.37. The molecule has 2 aromatic rings. The number of anilines is 1. The Morgan fingerprint density at radius 2 is 2.11 bits per heavy atom. The highest BCUT2D eigenvalue weighted by Gasteiger charge is 2.22. The van der Waals surface area contributed by atoms with Crippen LogP contribution < -0.4 is 4.90 Å². The monoisotopic (exact) mass is 261 g/mol. The first-order chi connectivity index (χ1) is 8.90. The molecule has 4 heteroatoms. The maximum atomic E-state index is 4.55. The van der Waals surface area contributed by atoms with Gasteiger partial charge in [0.15, 0.2) is 0 Å². The third-order valence-electron chi connectivity index (χ3n) is 3.85. The van der Waals surface area contributed by atoms with Gasteiger partial charge in [0.2, 0.25) is 0 Å². The van der Waals surface area contributed by atoms with E-state index in [1.807, 2.05) is 0 Å². The second-order valence-corrected chi connectivity index (χ2v) is 5.83.